The number of hydrogen-bond acceptors (Lipinski definition) is 5. The van der Waals surface area contributed by atoms with Crippen molar-refractivity contribution in [1.29, 1.82) is 0 Å². The highest BCUT2D eigenvalue weighted by Crippen LogP contribution is 2.14. The van der Waals surface area contributed by atoms with Gasteiger partial charge in [-0.2, -0.15) is 10.2 Å². The topological polar surface area (TPSA) is 85.6 Å². The minimum absolute atomic E-state index is 0.166. The lowest BCUT2D eigenvalue weighted by Crippen LogP contribution is -2.28. The summed E-state index contributed by atoms with van der Waals surface area (Å²) in [6.45, 7) is 4.99. The SMILES string of the molecule is CCCCOc1ccc(C=NNC(=O)c2nn(CC)c(=O)c3ccccc23)cc1. The normalized spacial score (nSPS) is 11.1. The number of hydrogen-bond donors (Lipinski definition) is 1. The Morgan fingerprint density at radius 1 is 1.14 bits per heavy atom. The Hall–Kier alpha value is -3.48. The van der Waals surface area contributed by atoms with Crippen LogP contribution in [-0.2, 0) is 6.54 Å². The predicted molar refractivity (Wildman–Crippen MR) is 114 cm³/mol. The Morgan fingerprint density at radius 2 is 1.86 bits per heavy atom. The minimum Gasteiger partial charge on any atom is -0.494 e. The van der Waals surface area contributed by atoms with Crippen molar-refractivity contribution in [2.45, 2.75) is 33.2 Å². The maximum Gasteiger partial charge on any atom is 0.292 e. The molecule has 0 aliphatic carbocycles. The van der Waals surface area contributed by atoms with E-state index >= 15 is 0 Å². The van der Waals surface area contributed by atoms with Gasteiger partial charge in [-0.25, -0.2) is 10.1 Å². The summed E-state index contributed by atoms with van der Waals surface area (Å²) >= 11 is 0. The molecule has 0 saturated heterocycles. The molecule has 1 amide bonds. The van der Waals surface area contributed by atoms with E-state index in [1.807, 2.05) is 24.3 Å². The van der Waals surface area contributed by atoms with Crippen LogP contribution in [0.15, 0.2) is 58.4 Å². The van der Waals surface area contributed by atoms with Crippen molar-refractivity contribution >= 4 is 22.9 Å². The van der Waals surface area contributed by atoms with E-state index in [0.29, 0.717) is 23.9 Å². The second-order valence-corrected chi connectivity index (χ2v) is 6.49. The van der Waals surface area contributed by atoms with Gasteiger partial charge in [-0.15, -0.1) is 0 Å². The summed E-state index contributed by atoms with van der Waals surface area (Å²) in [4.78, 5) is 25.0. The molecule has 0 aliphatic rings. The van der Waals surface area contributed by atoms with Gasteiger partial charge < -0.3 is 4.74 Å². The smallest absolute Gasteiger partial charge is 0.292 e. The van der Waals surface area contributed by atoms with Crippen molar-refractivity contribution in [3.8, 4) is 5.75 Å². The zero-order valence-electron chi connectivity index (χ0n) is 16.6. The molecule has 29 heavy (non-hydrogen) atoms. The van der Waals surface area contributed by atoms with Crippen LogP contribution in [0.25, 0.3) is 10.8 Å². The number of aromatic nitrogens is 2. The van der Waals surface area contributed by atoms with Gasteiger partial charge in [0.2, 0.25) is 0 Å². The van der Waals surface area contributed by atoms with Gasteiger partial charge in [0.15, 0.2) is 5.69 Å². The monoisotopic (exact) mass is 392 g/mol. The van der Waals surface area contributed by atoms with E-state index in [-0.39, 0.29) is 11.3 Å². The second-order valence-electron chi connectivity index (χ2n) is 6.49. The molecular formula is C22H24N4O3. The van der Waals surface area contributed by atoms with Crippen LogP contribution in [0.2, 0.25) is 0 Å². The standard InChI is InChI=1S/C22H24N4O3/c1-3-5-14-29-17-12-10-16(11-13-17)15-23-24-21(27)20-18-8-6-7-9-19(18)22(28)26(4-2)25-20/h6-13,15H,3-5,14H2,1-2H3,(H,24,27). The van der Waals surface area contributed by atoms with E-state index in [4.69, 9.17) is 4.74 Å². The third-order valence-electron chi connectivity index (χ3n) is 4.41. The lowest BCUT2D eigenvalue weighted by Gasteiger charge is -2.08. The number of nitrogens with zero attached hydrogens (tertiary/aromatic N) is 3. The summed E-state index contributed by atoms with van der Waals surface area (Å²) in [5.74, 6) is 0.330. The van der Waals surface area contributed by atoms with Gasteiger partial charge in [0, 0.05) is 11.9 Å². The van der Waals surface area contributed by atoms with Crippen LogP contribution in [0.4, 0.5) is 0 Å². The van der Waals surface area contributed by atoms with Crippen LogP contribution in [0.1, 0.15) is 42.7 Å². The molecule has 0 spiro atoms. The van der Waals surface area contributed by atoms with E-state index in [1.165, 1.54) is 4.68 Å². The van der Waals surface area contributed by atoms with Crippen molar-refractivity contribution in [3.05, 3.63) is 70.1 Å². The lowest BCUT2D eigenvalue weighted by molar-refractivity contribution is 0.0949. The molecule has 150 valence electrons. The highest BCUT2D eigenvalue weighted by atomic mass is 16.5. The third-order valence-corrected chi connectivity index (χ3v) is 4.41. The quantitative estimate of drug-likeness (QED) is 0.362. The molecule has 0 atom stereocenters. The van der Waals surface area contributed by atoms with Gasteiger partial charge >= 0.3 is 0 Å². The number of nitrogens with one attached hydrogen (secondary N) is 1. The number of unbranched alkanes of at least 4 members (excludes halogenated alkanes) is 1. The van der Waals surface area contributed by atoms with Gasteiger partial charge in [0.05, 0.1) is 18.2 Å². The van der Waals surface area contributed by atoms with Crippen molar-refractivity contribution in [3.63, 3.8) is 0 Å². The molecule has 0 fully saturated rings. The fourth-order valence-corrected chi connectivity index (χ4v) is 2.82. The number of carbonyl (C=O) groups excluding carboxylic acids is 1. The Kier molecular flexibility index (Phi) is 6.73. The molecule has 2 aromatic carbocycles. The van der Waals surface area contributed by atoms with Gasteiger partial charge in [-0.3, -0.25) is 9.59 Å². The molecule has 7 heteroatoms. The summed E-state index contributed by atoms with van der Waals surface area (Å²) in [5.41, 5.74) is 3.26. The first kappa shape index (κ1) is 20.3. The average molecular weight is 392 g/mol. The van der Waals surface area contributed by atoms with Crippen LogP contribution < -0.4 is 15.7 Å². The van der Waals surface area contributed by atoms with Crippen molar-refractivity contribution < 1.29 is 9.53 Å². The average Bonchev–Trinajstić information content (AvgIpc) is 2.75. The Bertz CT molecular complexity index is 1070. The third kappa shape index (κ3) is 4.87. The fraction of sp³-hybridized carbons (Fsp3) is 0.273. The molecule has 7 nitrogen and oxygen atoms in total. The number of benzene rings is 2. The molecule has 0 bridgehead atoms. The number of amides is 1. The Morgan fingerprint density at radius 3 is 2.55 bits per heavy atom. The lowest BCUT2D eigenvalue weighted by atomic mass is 10.1. The maximum absolute atomic E-state index is 12.6. The van der Waals surface area contributed by atoms with Crippen LogP contribution in [0.5, 0.6) is 5.75 Å². The number of ether oxygens (including phenoxy) is 1. The van der Waals surface area contributed by atoms with E-state index in [0.717, 1.165) is 24.2 Å². The molecule has 3 aromatic rings. The van der Waals surface area contributed by atoms with Gasteiger partial charge in [0.1, 0.15) is 5.75 Å². The number of fused-ring (bicyclic) bond motifs is 1. The number of rotatable bonds is 8. The summed E-state index contributed by atoms with van der Waals surface area (Å²) in [6, 6.07) is 14.4. The van der Waals surface area contributed by atoms with E-state index < -0.39 is 5.91 Å². The van der Waals surface area contributed by atoms with Crippen molar-refractivity contribution in [2.75, 3.05) is 6.61 Å². The molecule has 0 saturated carbocycles. The molecule has 1 heterocycles. The van der Waals surface area contributed by atoms with Crippen LogP contribution in [0, 0.1) is 0 Å². The van der Waals surface area contributed by atoms with E-state index in [9.17, 15) is 9.59 Å². The molecular weight excluding hydrogens is 368 g/mol. The first-order valence-electron chi connectivity index (χ1n) is 9.70. The zero-order chi connectivity index (χ0) is 20.6. The van der Waals surface area contributed by atoms with Gasteiger partial charge in [-0.1, -0.05) is 31.5 Å². The number of aryl methyl sites for hydroxylation is 1. The first-order chi connectivity index (χ1) is 14.1. The van der Waals surface area contributed by atoms with Gasteiger partial charge in [-0.05, 0) is 49.2 Å². The fourth-order valence-electron chi connectivity index (χ4n) is 2.82. The van der Waals surface area contributed by atoms with Crippen molar-refractivity contribution in [1.82, 2.24) is 15.2 Å². The second kappa shape index (κ2) is 9.64. The van der Waals surface area contributed by atoms with Crippen LogP contribution in [-0.4, -0.2) is 28.5 Å². The van der Waals surface area contributed by atoms with Crippen molar-refractivity contribution in [2.24, 2.45) is 5.10 Å². The zero-order valence-corrected chi connectivity index (χ0v) is 16.6. The molecule has 1 aromatic heterocycles. The molecule has 1 N–H and O–H groups in total. The molecule has 3 rings (SSSR count). The Balaban J connectivity index is 1.72. The van der Waals surface area contributed by atoms with E-state index in [1.54, 1.807) is 37.4 Å². The van der Waals surface area contributed by atoms with Crippen LogP contribution in [0.3, 0.4) is 0 Å². The van der Waals surface area contributed by atoms with Crippen LogP contribution >= 0.6 is 0 Å². The summed E-state index contributed by atoms with van der Waals surface area (Å²) in [7, 11) is 0. The highest BCUT2D eigenvalue weighted by Gasteiger charge is 2.15. The number of hydrazone groups is 1. The summed E-state index contributed by atoms with van der Waals surface area (Å²) in [6.07, 6.45) is 3.65. The molecule has 0 aliphatic heterocycles. The summed E-state index contributed by atoms with van der Waals surface area (Å²) < 4.78 is 6.90. The summed E-state index contributed by atoms with van der Waals surface area (Å²) in [5, 5.41) is 9.17. The van der Waals surface area contributed by atoms with E-state index in [2.05, 4.69) is 22.5 Å². The molecule has 0 unspecified atom stereocenters. The first-order valence-corrected chi connectivity index (χ1v) is 9.70. The maximum atomic E-state index is 12.6. The Labute approximate surface area is 169 Å². The van der Waals surface area contributed by atoms with Gasteiger partial charge in [0.25, 0.3) is 11.5 Å². The predicted octanol–water partition coefficient (Wildman–Crippen LogP) is 3.36. The number of carbonyl (C=O) groups is 1. The minimum atomic E-state index is -0.473. The highest BCUT2D eigenvalue weighted by molar-refractivity contribution is 6.04. The largest absolute Gasteiger partial charge is 0.494 e. The molecule has 0 radical (unpaired) electrons.